The van der Waals surface area contributed by atoms with E-state index in [1.165, 1.54) is 25.7 Å². The molecule has 0 aliphatic carbocycles. The van der Waals surface area contributed by atoms with Gasteiger partial charge in [-0.2, -0.15) is 0 Å². The Bertz CT molecular complexity index is 328. The average Bonchev–Trinajstić information content (AvgIpc) is 2.40. The van der Waals surface area contributed by atoms with E-state index in [9.17, 15) is 5.11 Å². The Morgan fingerprint density at radius 1 is 1.47 bits per heavy atom. The van der Waals surface area contributed by atoms with Gasteiger partial charge in [0.05, 0.1) is 5.69 Å². The summed E-state index contributed by atoms with van der Waals surface area (Å²) in [4.78, 5) is 6.64. The molecule has 3 nitrogen and oxygen atoms in total. The molecule has 0 bridgehead atoms. The van der Waals surface area contributed by atoms with Crippen LogP contribution in [-0.2, 0) is 0 Å². The lowest BCUT2D eigenvalue weighted by atomic mass is 9.99. The largest absolute Gasteiger partial charge is 0.385 e. The minimum absolute atomic E-state index is 0.455. The van der Waals surface area contributed by atoms with Crippen LogP contribution in [0.3, 0.4) is 0 Å². The Labute approximate surface area is 103 Å². The van der Waals surface area contributed by atoms with Crippen LogP contribution in [0.25, 0.3) is 0 Å². The Hall–Kier alpha value is -0.930. The van der Waals surface area contributed by atoms with Crippen LogP contribution in [0.4, 0.5) is 0 Å². The molecular weight excluding hydrogens is 212 g/mol. The SMILES string of the molecule is CCC1CCCCN1CC(O)c1ccccn1. The normalized spacial score (nSPS) is 23.5. The third-order valence-corrected chi connectivity index (χ3v) is 3.66. The average molecular weight is 234 g/mol. The fourth-order valence-electron chi connectivity index (χ4n) is 2.65. The Balaban J connectivity index is 1.95. The number of likely N-dealkylation sites (tertiary alicyclic amines) is 1. The number of β-amino-alcohol motifs (C(OH)–C–C–N with tert-alkyl or cyclic N) is 1. The molecule has 1 aliphatic rings. The first-order chi connectivity index (χ1) is 8.31. The summed E-state index contributed by atoms with van der Waals surface area (Å²) >= 11 is 0. The second-order valence-electron chi connectivity index (χ2n) is 4.82. The Kier molecular flexibility index (Phi) is 4.51. The van der Waals surface area contributed by atoms with Crippen LogP contribution in [0.1, 0.15) is 44.4 Å². The Morgan fingerprint density at radius 3 is 3.06 bits per heavy atom. The molecule has 2 unspecified atom stereocenters. The van der Waals surface area contributed by atoms with Gasteiger partial charge in [-0.05, 0) is 37.9 Å². The van der Waals surface area contributed by atoms with E-state index >= 15 is 0 Å². The van der Waals surface area contributed by atoms with Gasteiger partial charge in [0, 0.05) is 18.8 Å². The van der Waals surface area contributed by atoms with Crippen molar-refractivity contribution in [2.75, 3.05) is 13.1 Å². The molecule has 0 spiro atoms. The van der Waals surface area contributed by atoms with Gasteiger partial charge in [-0.25, -0.2) is 0 Å². The summed E-state index contributed by atoms with van der Waals surface area (Å²) in [5, 5.41) is 10.2. The summed E-state index contributed by atoms with van der Waals surface area (Å²) in [5.74, 6) is 0. The monoisotopic (exact) mass is 234 g/mol. The lowest BCUT2D eigenvalue weighted by Crippen LogP contribution is -2.41. The summed E-state index contributed by atoms with van der Waals surface area (Å²) in [6, 6.07) is 6.35. The summed E-state index contributed by atoms with van der Waals surface area (Å²) in [6.07, 6.45) is 6.32. The molecule has 94 valence electrons. The fraction of sp³-hybridized carbons (Fsp3) is 0.643. The van der Waals surface area contributed by atoms with Gasteiger partial charge in [0.2, 0.25) is 0 Å². The van der Waals surface area contributed by atoms with Crippen molar-refractivity contribution in [1.82, 2.24) is 9.88 Å². The molecule has 1 aliphatic heterocycles. The molecule has 1 aromatic rings. The smallest absolute Gasteiger partial charge is 0.109 e. The maximum absolute atomic E-state index is 10.2. The highest BCUT2D eigenvalue weighted by molar-refractivity contribution is 5.07. The van der Waals surface area contributed by atoms with Crippen molar-refractivity contribution in [1.29, 1.82) is 0 Å². The first-order valence-corrected chi connectivity index (χ1v) is 6.64. The van der Waals surface area contributed by atoms with Crippen LogP contribution in [-0.4, -0.2) is 34.1 Å². The maximum Gasteiger partial charge on any atom is 0.109 e. The van der Waals surface area contributed by atoms with Crippen molar-refractivity contribution in [2.24, 2.45) is 0 Å². The summed E-state index contributed by atoms with van der Waals surface area (Å²) in [5.41, 5.74) is 0.785. The van der Waals surface area contributed by atoms with Gasteiger partial charge >= 0.3 is 0 Å². The van der Waals surface area contributed by atoms with Gasteiger partial charge in [-0.15, -0.1) is 0 Å². The first kappa shape index (κ1) is 12.5. The molecular formula is C14H22N2O. The number of hydrogen-bond acceptors (Lipinski definition) is 3. The zero-order chi connectivity index (χ0) is 12.1. The number of aliphatic hydroxyl groups is 1. The highest BCUT2D eigenvalue weighted by Gasteiger charge is 2.23. The summed E-state index contributed by atoms with van der Waals surface area (Å²) < 4.78 is 0. The number of aromatic nitrogens is 1. The third-order valence-electron chi connectivity index (χ3n) is 3.66. The molecule has 0 amide bonds. The molecule has 1 fully saturated rings. The third kappa shape index (κ3) is 3.27. The van der Waals surface area contributed by atoms with E-state index in [1.54, 1.807) is 6.20 Å². The molecule has 2 heterocycles. The van der Waals surface area contributed by atoms with E-state index in [1.807, 2.05) is 18.2 Å². The summed E-state index contributed by atoms with van der Waals surface area (Å²) in [7, 11) is 0. The number of piperidine rings is 1. The number of nitrogens with zero attached hydrogens (tertiary/aromatic N) is 2. The van der Waals surface area contributed by atoms with E-state index in [0.717, 1.165) is 18.8 Å². The van der Waals surface area contributed by atoms with Crippen molar-refractivity contribution in [2.45, 2.75) is 44.8 Å². The molecule has 1 saturated heterocycles. The Morgan fingerprint density at radius 2 is 2.35 bits per heavy atom. The first-order valence-electron chi connectivity index (χ1n) is 6.64. The molecule has 2 rings (SSSR count). The van der Waals surface area contributed by atoms with Crippen LogP contribution in [0, 0.1) is 0 Å². The number of pyridine rings is 1. The predicted molar refractivity (Wildman–Crippen MR) is 68.7 cm³/mol. The minimum atomic E-state index is -0.455. The van der Waals surface area contributed by atoms with Crippen LogP contribution in [0.5, 0.6) is 0 Å². The van der Waals surface area contributed by atoms with E-state index in [2.05, 4.69) is 16.8 Å². The van der Waals surface area contributed by atoms with Gasteiger partial charge < -0.3 is 5.11 Å². The topological polar surface area (TPSA) is 36.4 Å². The lowest BCUT2D eigenvalue weighted by Gasteiger charge is -2.36. The van der Waals surface area contributed by atoms with Gasteiger partial charge in [-0.1, -0.05) is 19.4 Å². The quantitative estimate of drug-likeness (QED) is 0.869. The molecule has 1 N–H and O–H groups in total. The molecule has 3 heteroatoms. The lowest BCUT2D eigenvalue weighted by molar-refractivity contribution is 0.0635. The maximum atomic E-state index is 10.2. The molecule has 2 atom stereocenters. The highest BCUT2D eigenvalue weighted by atomic mass is 16.3. The minimum Gasteiger partial charge on any atom is -0.385 e. The van der Waals surface area contributed by atoms with Crippen molar-refractivity contribution in [3.8, 4) is 0 Å². The number of aliphatic hydroxyl groups excluding tert-OH is 1. The zero-order valence-corrected chi connectivity index (χ0v) is 10.5. The van der Waals surface area contributed by atoms with Gasteiger partial charge in [0.1, 0.15) is 6.10 Å². The van der Waals surface area contributed by atoms with Gasteiger partial charge in [-0.3, -0.25) is 9.88 Å². The fourth-order valence-corrected chi connectivity index (χ4v) is 2.65. The highest BCUT2D eigenvalue weighted by Crippen LogP contribution is 2.22. The van der Waals surface area contributed by atoms with Crippen molar-refractivity contribution >= 4 is 0 Å². The van der Waals surface area contributed by atoms with Crippen LogP contribution in [0.15, 0.2) is 24.4 Å². The zero-order valence-electron chi connectivity index (χ0n) is 10.5. The van der Waals surface area contributed by atoms with Gasteiger partial charge in [0.15, 0.2) is 0 Å². The van der Waals surface area contributed by atoms with Crippen molar-refractivity contribution < 1.29 is 5.11 Å². The molecule has 0 aromatic carbocycles. The van der Waals surface area contributed by atoms with Crippen LogP contribution >= 0.6 is 0 Å². The number of hydrogen-bond donors (Lipinski definition) is 1. The van der Waals surface area contributed by atoms with Crippen molar-refractivity contribution in [3.63, 3.8) is 0 Å². The second kappa shape index (κ2) is 6.12. The molecule has 0 radical (unpaired) electrons. The molecule has 17 heavy (non-hydrogen) atoms. The second-order valence-corrected chi connectivity index (χ2v) is 4.82. The van der Waals surface area contributed by atoms with Crippen LogP contribution in [0.2, 0.25) is 0 Å². The van der Waals surface area contributed by atoms with E-state index < -0.39 is 6.10 Å². The molecule has 0 saturated carbocycles. The summed E-state index contributed by atoms with van der Waals surface area (Å²) in [6.45, 7) is 4.06. The van der Waals surface area contributed by atoms with Crippen LogP contribution < -0.4 is 0 Å². The van der Waals surface area contributed by atoms with E-state index in [-0.39, 0.29) is 0 Å². The van der Waals surface area contributed by atoms with Gasteiger partial charge in [0.25, 0.3) is 0 Å². The van der Waals surface area contributed by atoms with E-state index in [4.69, 9.17) is 0 Å². The number of rotatable bonds is 4. The van der Waals surface area contributed by atoms with Crippen molar-refractivity contribution in [3.05, 3.63) is 30.1 Å². The van der Waals surface area contributed by atoms with E-state index in [0.29, 0.717) is 6.04 Å². The predicted octanol–water partition coefficient (Wildman–Crippen LogP) is 2.38. The standard InChI is InChI=1S/C14H22N2O/c1-2-12-7-4-6-10-16(12)11-14(17)13-8-3-5-9-15-13/h3,5,8-9,12,14,17H,2,4,6-7,10-11H2,1H3. The molecule has 1 aromatic heterocycles.